The van der Waals surface area contributed by atoms with E-state index >= 15 is 0 Å². The molecule has 1 aliphatic carbocycles. The highest BCUT2D eigenvalue weighted by molar-refractivity contribution is 5.94. The highest BCUT2D eigenvalue weighted by Crippen LogP contribution is 2.31. The predicted octanol–water partition coefficient (Wildman–Crippen LogP) is 0.584. The molecule has 2 aliphatic rings. The summed E-state index contributed by atoms with van der Waals surface area (Å²) in [5.74, 6) is 0.441. The first-order valence-corrected chi connectivity index (χ1v) is 4.27. The lowest BCUT2D eigenvalue weighted by Gasteiger charge is -2.13. The first-order chi connectivity index (χ1) is 6.20. The van der Waals surface area contributed by atoms with E-state index < -0.39 is 0 Å². The van der Waals surface area contributed by atoms with E-state index in [1.807, 2.05) is 0 Å². The van der Waals surface area contributed by atoms with Gasteiger partial charge in [-0.3, -0.25) is 4.79 Å². The van der Waals surface area contributed by atoms with Gasteiger partial charge in [0.1, 0.15) is 0 Å². The number of methoxy groups -OCH3 is 1. The third-order valence-electron chi connectivity index (χ3n) is 2.57. The van der Waals surface area contributed by atoms with Crippen molar-refractivity contribution in [3.8, 4) is 0 Å². The van der Waals surface area contributed by atoms with Crippen LogP contribution in [0.2, 0.25) is 0 Å². The molecule has 1 saturated heterocycles. The van der Waals surface area contributed by atoms with E-state index in [-0.39, 0.29) is 17.8 Å². The number of hydrogen-bond acceptors (Lipinski definition) is 3. The summed E-state index contributed by atoms with van der Waals surface area (Å²) >= 11 is 0. The molecule has 0 aromatic carbocycles. The summed E-state index contributed by atoms with van der Waals surface area (Å²) in [5.41, 5.74) is 1.08. The van der Waals surface area contributed by atoms with Gasteiger partial charge in [-0.1, -0.05) is 0 Å². The van der Waals surface area contributed by atoms with Crippen molar-refractivity contribution in [2.75, 3.05) is 20.2 Å². The molecule has 0 saturated carbocycles. The van der Waals surface area contributed by atoms with Gasteiger partial charge in [-0.05, 0) is 11.6 Å². The topological polar surface area (TPSA) is 46.6 Å². The number of ether oxygens (including phenoxy) is 1. The Morgan fingerprint density at radius 1 is 1.69 bits per heavy atom. The van der Waals surface area contributed by atoms with Gasteiger partial charge < -0.3 is 9.64 Å². The van der Waals surface area contributed by atoms with Crippen LogP contribution in [0, 0.1) is 5.92 Å². The molecule has 1 fully saturated rings. The molecule has 1 heterocycles. The zero-order valence-electron chi connectivity index (χ0n) is 7.45. The Hall–Kier alpha value is -1.32. The van der Waals surface area contributed by atoms with Gasteiger partial charge in [0.15, 0.2) is 5.78 Å². The second-order valence-corrected chi connectivity index (χ2v) is 3.44. The number of likely N-dealkylation sites (tertiary alicyclic amines) is 1. The Morgan fingerprint density at radius 3 is 3.08 bits per heavy atom. The van der Waals surface area contributed by atoms with Crippen molar-refractivity contribution in [3.63, 3.8) is 0 Å². The van der Waals surface area contributed by atoms with Gasteiger partial charge in [0.25, 0.3) is 0 Å². The van der Waals surface area contributed by atoms with Crippen LogP contribution in [0.15, 0.2) is 11.6 Å². The molecule has 1 atom stereocenters. The van der Waals surface area contributed by atoms with Crippen molar-refractivity contribution in [2.45, 2.75) is 6.42 Å². The average molecular weight is 181 g/mol. The van der Waals surface area contributed by atoms with Gasteiger partial charge in [0, 0.05) is 25.4 Å². The van der Waals surface area contributed by atoms with E-state index in [2.05, 4.69) is 4.74 Å². The van der Waals surface area contributed by atoms with Crippen molar-refractivity contribution in [2.24, 2.45) is 5.92 Å². The first kappa shape index (κ1) is 8.29. The number of nitrogens with zero attached hydrogens (tertiary/aromatic N) is 1. The van der Waals surface area contributed by atoms with Crippen LogP contribution in [-0.2, 0) is 9.53 Å². The maximum Gasteiger partial charge on any atom is 0.409 e. The SMILES string of the molecule is COC(=O)N1CC2=CC(=O)CC2C1. The second kappa shape index (κ2) is 2.87. The van der Waals surface area contributed by atoms with E-state index in [9.17, 15) is 9.59 Å². The number of rotatable bonds is 0. The highest BCUT2D eigenvalue weighted by Gasteiger charge is 2.35. The van der Waals surface area contributed by atoms with Crippen molar-refractivity contribution < 1.29 is 14.3 Å². The number of allylic oxidation sites excluding steroid dienone is 1. The normalized spacial score (nSPS) is 25.9. The number of amides is 1. The fourth-order valence-electron chi connectivity index (χ4n) is 1.93. The minimum absolute atomic E-state index is 0.185. The van der Waals surface area contributed by atoms with Crippen molar-refractivity contribution in [1.29, 1.82) is 0 Å². The van der Waals surface area contributed by atoms with Gasteiger partial charge in [0.2, 0.25) is 0 Å². The molecular formula is C9H11NO3. The average Bonchev–Trinajstić information content (AvgIpc) is 2.59. The molecule has 1 unspecified atom stereocenters. The number of carbonyl (C=O) groups is 2. The highest BCUT2D eigenvalue weighted by atomic mass is 16.5. The monoisotopic (exact) mass is 181 g/mol. The summed E-state index contributed by atoms with van der Waals surface area (Å²) < 4.78 is 4.60. The van der Waals surface area contributed by atoms with Crippen LogP contribution in [-0.4, -0.2) is 37.0 Å². The van der Waals surface area contributed by atoms with Gasteiger partial charge in [-0.2, -0.15) is 0 Å². The lowest BCUT2D eigenvalue weighted by molar-refractivity contribution is -0.114. The third-order valence-corrected chi connectivity index (χ3v) is 2.57. The summed E-state index contributed by atoms with van der Waals surface area (Å²) in [6.07, 6.45) is 1.92. The van der Waals surface area contributed by atoms with Crippen LogP contribution in [0.25, 0.3) is 0 Å². The molecule has 4 nitrogen and oxygen atoms in total. The minimum Gasteiger partial charge on any atom is -0.453 e. The Bertz CT molecular complexity index is 295. The van der Waals surface area contributed by atoms with E-state index in [1.54, 1.807) is 11.0 Å². The summed E-state index contributed by atoms with van der Waals surface area (Å²) in [6, 6.07) is 0. The van der Waals surface area contributed by atoms with Crippen LogP contribution in [0.4, 0.5) is 4.79 Å². The van der Waals surface area contributed by atoms with Crippen LogP contribution in [0.5, 0.6) is 0 Å². The molecule has 0 aromatic rings. The summed E-state index contributed by atoms with van der Waals surface area (Å²) in [7, 11) is 1.37. The van der Waals surface area contributed by atoms with Gasteiger partial charge >= 0.3 is 6.09 Å². The molecule has 0 N–H and O–H groups in total. The van der Waals surface area contributed by atoms with Crippen LogP contribution >= 0.6 is 0 Å². The van der Waals surface area contributed by atoms with Gasteiger partial charge in [-0.25, -0.2) is 4.79 Å². The fourth-order valence-corrected chi connectivity index (χ4v) is 1.93. The molecule has 1 aliphatic heterocycles. The van der Waals surface area contributed by atoms with Crippen LogP contribution in [0.3, 0.4) is 0 Å². The molecule has 1 amide bonds. The lowest BCUT2D eigenvalue weighted by Crippen LogP contribution is -2.28. The van der Waals surface area contributed by atoms with Gasteiger partial charge in [-0.15, -0.1) is 0 Å². The fraction of sp³-hybridized carbons (Fsp3) is 0.556. The number of hydrogen-bond donors (Lipinski definition) is 0. The summed E-state index contributed by atoms with van der Waals surface area (Å²) in [6.45, 7) is 1.19. The lowest BCUT2D eigenvalue weighted by atomic mass is 10.1. The standard InChI is InChI=1S/C9H11NO3/c1-13-9(12)10-4-6-2-8(11)3-7(6)5-10/h2,7H,3-5H2,1H3. The molecule has 70 valence electrons. The Kier molecular flexibility index (Phi) is 1.83. The number of fused-ring (bicyclic) bond motifs is 1. The molecule has 2 rings (SSSR count). The van der Waals surface area contributed by atoms with Gasteiger partial charge in [0.05, 0.1) is 7.11 Å². The van der Waals surface area contributed by atoms with E-state index in [1.165, 1.54) is 7.11 Å². The predicted molar refractivity (Wildman–Crippen MR) is 45.2 cm³/mol. The molecule has 0 bridgehead atoms. The molecule has 0 radical (unpaired) electrons. The maximum absolute atomic E-state index is 11.1. The molecule has 0 aromatic heterocycles. The number of ketones is 1. The zero-order chi connectivity index (χ0) is 9.42. The zero-order valence-corrected chi connectivity index (χ0v) is 7.45. The van der Waals surface area contributed by atoms with E-state index in [0.29, 0.717) is 19.5 Å². The van der Waals surface area contributed by atoms with Crippen molar-refractivity contribution in [3.05, 3.63) is 11.6 Å². The van der Waals surface area contributed by atoms with E-state index in [0.717, 1.165) is 5.57 Å². The van der Waals surface area contributed by atoms with Crippen LogP contribution < -0.4 is 0 Å². The van der Waals surface area contributed by atoms with Crippen LogP contribution in [0.1, 0.15) is 6.42 Å². The Balaban J connectivity index is 2.07. The maximum atomic E-state index is 11.1. The molecule has 13 heavy (non-hydrogen) atoms. The molecule has 0 spiro atoms. The largest absolute Gasteiger partial charge is 0.453 e. The molecule has 4 heteroatoms. The Labute approximate surface area is 76.2 Å². The summed E-state index contributed by atoms with van der Waals surface area (Å²) in [4.78, 5) is 23.7. The van der Waals surface area contributed by atoms with Crippen molar-refractivity contribution in [1.82, 2.24) is 4.90 Å². The van der Waals surface area contributed by atoms with Crippen molar-refractivity contribution >= 4 is 11.9 Å². The van der Waals surface area contributed by atoms with E-state index in [4.69, 9.17) is 0 Å². The summed E-state index contributed by atoms with van der Waals surface area (Å²) in [5, 5.41) is 0. The minimum atomic E-state index is -0.303. The smallest absolute Gasteiger partial charge is 0.409 e. The third kappa shape index (κ3) is 1.32. The molecular weight excluding hydrogens is 170 g/mol. The Morgan fingerprint density at radius 2 is 2.46 bits per heavy atom. The number of carbonyl (C=O) groups excluding carboxylic acids is 2. The first-order valence-electron chi connectivity index (χ1n) is 4.27. The second-order valence-electron chi connectivity index (χ2n) is 3.44. The quantitative estimate of drug-likeness (QED) is 0.549.